The average molecular weight is 376 g/mol. The number of carbonyl (C=O) groups is 1. The normalized spacial score (nSPS) is 12.3. The number of pyridine rings is 1. The molecule has 0 saturated carbocycles. The predicted octanol–water partition coefficient (Wildman–Crippen LogP) is 2.82. The lowest BCUT2D eigenvalue weighted by molar-refractivity contribution is 0.249. The second kappa shape index (κ2) is 8.18. The fraction of sp³-hybridized carbons (Fsp3) is 0.333. The first-order chi connectivity index (χ1) is 12.1. The second-order valence-corrected chi connectivity index (χ2v) is 8.12. The zero-order valence-electron chi connectivity index (χ0n) is 15.3. The van der Waals surface area contributed by atoms with Gasteiger partial charge in [0, 0.05) is 30.0 Å². The average Bonchev–Trinajstić information content (AvgIpc) is 2.51. The number of benzene rings is 1. The van der Waals surface area contributed by atoms with E-state index < -0.39 is 10.0 Å². The van der Waals surface area contributed by atoms with Gasteiger partial charge in [-0.05, 0) is 50.1 Å². The molecule has 8 heteroatoms. The Balaban J connectivity index is 2.01. The van der Waals surface area contributed by atoms with Gasteiger partial charge in [-0.1, -0.05) is 12.1 Å². The summed E-state index contributed by atoms with van der Waals surface area (Å²) in [6, 6.07) is 8.37. The van der Waals surface area contributed by atoms with Crippen LogP contribution in [0.1, 0.15) is 23.7 Å². The molecular formula is C18H24N4O3S. The molecule has 0 saturated heterocycles. The topological polar surface area (TPSA) is 100 Å². The highest BCUT2D eigenvalue weighted by atomic mass is 32.2. The molecule has 0 aliphatic heterocycles. The lowest BCUT2D eigenvalue weighted by Crippen LogP contribution is -2.37. The first kappa shape index (κ1) is 19.7. The summed E-state index contributed by atoms with van der Waals surface area (Å²) in [6.07, 6.45) is 3.43. The minimum Gasteiger partial charge on any atom is -0.335 e. The lowest BCUT2D eigenvalue weighted by Gasteiger charge is -2.16. The van der Waals surface area contributed by atoms with Crippen LogP contribution in [0.25, 0.3) is 0 Å². The summed E-state index contributed by atoms with van der Waals surface area (Å²) in [5, 5.41) is 5.63. The van der Waals surface area contributed by atoms with Gasteiger partial charge in [0.05, 0.1) is 11.9 Å². The summed E-state index contributed by atoms with van der Waals surface area (Å²) in [4.78, 5) is 16.6. The Kier molecular flexibility index (Phi) is 6.20. The number of rotatable bonds is 6. The number of nitrogens with one attached hydrogen (secondary N) is 3. The Bertz CT molecular complexity index is 897. The number of hydrogen-bond donors (Lipinski definition) is 3. The van der Waals surface area contributed by atoms with Crippen LogP contribution in [0.3, 0.4) is 0 Å². The minimum absolute atomic E-state index is 0.110. The Hall–Kier alpha value is -2.61. The van der Waals surface area contributed by atoms with E-state index in [1.165, 1.54) is 0 Å². The number of carbonyl (C=O) groups excluding carboxylic acids is 1. The third kappa shape index (κ3) is 6.03. The Labute approximate surface area is 154 Å². The van der Waals surface area contributed by atoms with Crippen LogP contribution in [-0.4, -0.2) is 31.7 Å². The number of sulfonamides is 1. The highest BCUT2D eigenvalue weighted by Gasteiger charge is 2.12. The summed E-state index contributed by atoms with van der Waals surface area (Å²) >= 11 is 0. The van der Waals surface area contributed by atoms with Crippen LogP contribution in [-0.2, 0) is 16.4 Å². The van der Waals surface area contributed by atoms with Crippen molar-refractivity contribution in [3.8, 4) is 0 Å². The van der Waals surface area contributed by atoms with Crippen molar-refractivity contribution in [3.05, 3.63) is 53.3 Å². The van der Waals surface area contributed by atoms with Gasteiger partial charge >= 0.3 is 6.03 Å². The van der Waals surface area contributed by atoms with Gasteiger partial charge in [0.25, 0.3) is 0 Å². The molecule has 0 radical (unpaired) electrons. The van der Waals surface area contributed by atoms with Gasteiger partial charge in [-0.2, -0.15) is 0 Å². The van der Waals surface area contributed by atoms with Crippen LogP contribution in [0.2, 0.25) is 0 Å². The molecule has 1 aromatic heterocycles. The molecule has 1 aromatic carbocycles. The number of nitrogens with zero attached hydrogens (tertiary/aromatic N) is 1. The van der Waals surface area contributed by atoms with Crippen molar-refractivity contribution in [2.45, 2.75) is 33.2 Å². The van der Waals surface area contributed by atoms with Crippen LogP contribution in [0.15, 0.2) is 36.5 Å². The number of aromatic nitrogens is 1. The smallest absolute Gasteiger partial charge is 0.319 e. The van der Waals surface area contributed by atoms with Crippen LogP contribution in [0, 0.1) is 13.8 Å². The van der Waals surface area contributed by atoms with E-state index >= 15 is 0 Å². The van der Waals surface area contributed by atoms with Crippen LogP contribution in [0.5, 0.6) is 0 Å². The number of hydrogen-bond acceptors (Lipinski definition) is 4. The van der Waals surface area contributed by atoms with E-state index in [4.69, 9.17) is 0 Å². The molecule has 7 nitrogen and oxygen atoms in total. The van der Waals surface area contributed by atoms with Crippen LogP contribution in [0.4, 0.5) is 16.2 Å². The number of amides is 2. The van der Waals surface area contributed by atoms with E-state index in [2.05, 4.69) is 20.3 Å². The molecule has 2 amide bonds. The van der Waals surface area contributed by atoms with Crippen molar-refractivity contribution in [1.29, 1.82) is 0 Å². The van der Waals surface area contributed by atoms with E-state index in [0.717, 1.165) is 23.1 Å². The zero-order valence-corrected chi connectivity index (χ0v) is 16.1. The fourth-order valence-electron chi connectivity index (χ4n) is 2.49. The maximum atomic E-state index is 12.3. The van der Waals surface area contributed by atoms with Gasteiger partial charge in [-0.15, -0.1) is 0 Å². The summed E-state index contributed by atoms with van der Waals surface area (Å²) in [5.41, 5.74) is 3.78. The Morgan fingerprint density at radius 2 is 1.92 bits per heavy atom. The molecule has 0 spiro atoms. The molecule has 0 fully saturated rings. The molecule has 3 N–H and O–H groups in total. The van der Waals surface area contributed by atoms with E-state index in [1.54, 1.807) is 24.4 Å². The molecule has 140 valence electrons. The van der Waals surface area contributed by atoms with Gasteiger partial charge in [0.2, 0.25) is 10.0 Å². The molecule has 1 unspecified atom stereocenters. The molecule has 26 heavy (non-hydrogen) atoms. The maximum absolute atomic E-state index is 12.3. The number of urea groups is 1. The van der Waals surface area contributed by atoms with Crippen molar-refractivity contribution >= 4 is 27.4 Å². The standard InChI is InChI=1S/C18H24N4O3S/c1-12-6-5-9-19-16(12)10-14(3)20-18(23)21-17-11-15(8-7-13(17)2)22-26(4,24)25/h5-9,11,14,22H,10H2,1-4H3,(H2,20,21,23). The molecule has 1 heterocycles. The summed E-state index contributed by atoms with van der Waals surface area (Å²) in [5.74, 6) is 0. The van der Waals surface area contributed by atoms with Gasteiger partial charge in [0.1, 0.15) is 0 Å². The predicted molar refractivity (Wildman–Crippen MR) is 104 cm³/mol. The molecular weight excluding hydrogens is 352 g/mol. The van der Waals surface area contributed by atoms with E-state index in [-0.39, 0.29) is 12.1 Å². The van der Waals surface area contributed by atoms with E-state index in [0.29, 0.717) is 17.8 Å². The third-order valence-corrected chi connectivity index (χ3v) is 4.39. The number of anilines is 2. The molecule has 0 aliphatic carbocycles. The van der Waals surface area contributed by atoms with Crippen molar-refractivity contribution < 1.29 is 13.2 Å². The molecule has 2 aromatic rings. The Morgan fingerprint density at radius 1 is 1.19 bits per heavy atom. The minimum atomic E-state index is -3.38. The monoisotopic (exact) mass is 376 g/mol. The van der Waals surface area contributed by atoms with Crippen molar-refractivity contribution in [2.24, 2.45) is 0 Å². The summed E-state index contributed by atoms with van der Waals surface area (Å²) < 4.78 is 25.1. The molecule has 0 aliphatic rings. The van der Waals surface area contributed by atoms with Crippen molar-refractivity contribution in [2.75, 3.05) is 16.3 Å². The summed E-state index contributed by atoms with van der Waals surface area (Å²) in [7, 11) is -3.38. The van der Waals surface area contributed by atoms with Gasteiger partial charge in [0.15, 0.2) is 0 Å². The largest absolute Gasteiger partial charge is 0.335 e. The first-order valence-corrected chi connectivity index (χ1v) is 10.1. The maximum Gasteiger partial charge on any atom is 0.319 e. The lowest BCUT2D eigenvalue weighted by atomic mass is 10.1. The molecule has 2 rings (SSSR count). The van der Waals surface area contributed by atoms with E-state index in [9.17, 15) is 13.2 Å². The van der Waals surface area contributed by atoms with Crippen molar-refractivity contribution in [3.63, 3.8) is 0 Å². The fourth-order valence-corrected chi connectivity index (χ4v) is 3.04. The third-order valence-electron chi connectivity index (χ3n) is 3.78. The Morgan fingerprint density at radius 3 is 2.58 bits per heavy atom. The van der Waals surface area contributed by atoms with Gasteiger partial charge in [-0.3, -0.25) is 9.71 Å². The molecule has 1 atom stereocenters. The van der Waals surface area contributed by atoms with Crippen molar-refractivity contribution in [1.82, 2.24) is 10.3 Å². The summed E-state index contributed by atoms with van der Waals surface area (Å²) in [6.45, 7) is 5.72. The van der Waals surface area contributed by atoms with E-state index in [1.807, 2.05) is 32.9 Å². The number of aryl methyl sites for hydroxylation is 2. The second-order valence-electron chi connectivity index (χ2n) is 6.37. The first-order valence-electron chi connectivity index (χ1n) is 8.20. The highest BCUT2D eigenvalue weighted by molar-refractivity contribution is 7.92. The molecule has 0 bridgehead atoms. The van der Waals surface area contributed by atoms with Crippen LogP contribution < -0.4 is 15.4 Å². The van der Waals surface area contributed by atoms with Gasteiger partial charge < -0.3 is 10.6 Å². The SMILES string of the molecule is Cc1ccc(NS(C)(=O)=O)cc1NC(=O)NC(C)Cc1ncccc1C. The zero-order chi connectivity index (χ0) is 19.3. The highest BCUT2D eigenvalue weighted by Crippen LogP contribution is 2.21. The van der Waals surface area contributed by atoms with Gasteiger partial charge in [-0.25, -0.2) is 13.2 Å². The quantitative estimate of drug-likeness (QED) is 0.722. The van der Waals surface area contributed by atoms with Crippen LogP contribution >= 0.6 is 0 Å².